The monoisotopic (exact) mass is 347 g/mol. The van der Waals surface area contributed by atoms with E-state index in [-0.39, 0.29) is 11.1 Å². The van der Waals surface area contributed by atoms with Gasteiger partial charge in [0.2, 0.25) is 0 Å². The van der Waals surface area contributed by atoms with Crippen LogP contribution in [-0.4, -0.2) is 16.0 Å². The van der Waals surface area contributed by atoms with Gasteiger partial charge in [-0.15, -0.1) is 0 Å². The lowest BCUT2D eigenvalue weighted by molar-refractivity contribution is 0.630. The first kappa shape index (κ1) is 14.7. The predicted molar refractivity (Wildman–Crippen MR) is 90.8 cm³/mol. The molecule has 6 heteroatoms. The molecule has 1 heterocycles. The smallest absolute Gasteiger partial charge is 0.142 e. The van der Waals surface area contributed by atoms with Crippen molar-refractivity contribution in [2.24, 2.45) is 0 Å². The highest BCUT2D eigenvalue weighted by atomic mass is 35.5. The number of aromatic nitrogens is 2. The summed E-state index contributed by atoms with van der Waals surface area (Å²) in [5, 5.41) is 4.83. The molecule has 0 spiro atoms. The highest BCUT2D eigenvalue weighted by molar-refractivity contribution is 6.31. The van der Waals surface area contributed by atoms with E-state index in [0.29, 0.717) is 16.7 Å². The van der Waals surface area contributed by atoms with Crippen molar-refractivity contribution < 1.29 is 4.39 Å². The first-order valence-corrected chi connectivity index (χ1v) is 7.99. The van der Waals surface area contributed by atoms with Gasteiger partial charge in [0.05, 0.1) is 10.5 Å². The predicted octanol–water partition coefficient (Wildman–Crippen LogP) is 4.66. The van der Waals surface area contributed by atoms with Crippen molar-refractivity contribution in [2.45, 2.75) is 18.9 Å². The molecule has 3 nitrogen and oxygen atoms in total. The van der Waals surface area contributed by atoms with Crippen LogP contribution in [0.5, 0.6) is 0 Å². The van der Waals surface area contributed by atoms with Crippen LogP contribution in [0.15, 0.2) is 36.7 Å². The lowest BCUT2D eigenvalue weighted by Crippen LogP contribution is -2.20. The Morgan fingerprint density at radius 2 is 1.87 bits per heavy atom. The van der Waals surface area contributed by atoms with E-state index in [1.165, 1.54) is 29.6 Å². The van der Waals surface area contributed by atoms with E-state index >= 15 is 0 Å². The van der Waals surface area contributed by atoms with E-state index in [9.17, 15) is 4.39 Å². The molecule has 1 aliphatic rings. The third-order valence-corrected chi connectivity index (χ3v) is 4.64. The molecule has 0 fully saturated rings. The van der Waals surface area contributed by atoms with Crippen molar-refractivity contribution in [1.82, 2.24) is 9.97 Å². The zero-order valence-electron chi connectivity index (χ0n) is 12.0. The molecule has 1 atom stereocenters. The van der Waals surface area contributed by atoms with E-state index in [4.69, 9.17) is 23.2 Å². The summed E-state index contributed by atoms with van der Waals surface area (Å²) in [5.74, 6) is 0.146. The fraction of sp³-hybridized carbons (Fsp3) is 0.176. The largest absolute Gasteiger partial charge is 0.366 e. The molecule has 0 radical (unpaired) electrons. The number of nitrogens with one attached hydrogen (secondary N) is 1. The Bertz CT molecular complexity index is 914. The van der Waals surface area contributed by atoms with Crippen molar-refractivity contribution in [3.8, 4) is 0 Å². The summed E-state index contributed by atoms with van der Waals surface area (Å²) in [7, 11) is 0. The molecular formula is C17H12Cl2FN3. The maximum atomic E-state index is 13.8. The van der Waals surface area contributed by atoms with Crippen LogP contribution in [0, 0.1) is 5.82 Å². The van der Waals surface area contributed by atoms with Crippen molar-refractivity contribution in [2.75, 3.05) is 5.32 Å². The van der Waals surface area contributed by atoms with E-state index in [2.05, 4.69) is 21.4 Å². The number of benzene rings is 2. The highest BCUT2D eigenvalue weighted by Gasteiger charge is 2.22. The van der Waals surface area contributed by atoms with Crippen LogP contribution in [0.3, 0.4) is 0 Å². The minimum absolute atomic E-state index is 0.0602. The van der Waals surface area contributed by atoms with Crippen LogP contribution in [0.4, 0.5) is 10.2 Å². The van der Waals surface area contributed by atoms with Gasteiger partial charge in [-0.05, 0) is 48.2 Å². The SMILES string of the molecule is Fc1cc2c(NC3Cc4ccc(Cl)cc4C3)ncnc2cc1Cl. The Morgan fingerprint density at radius 1 is 1.04 bits per heavy atom. The number of rotatable bonds is 2. The van der Waals surface area contributed by atoms with E-state index in [1.54, 1.807) is 0 Å². The summed E-state index contributed by atoms with van der Waals surface area (Å²) >= 11 is 11.9. The fourth-order valence-corrected chi connectivity index (χ4v) is 3.40. The normalized spacial score (nSPS) is 16.6. The molecule has 3 aromatic rings. The van der Waals surface area contributed by atoms with Crippen molar-refractivity contribution >= 4 is 39.9 Å². The first-order valence-electron chi connectivity index (χ1n) is 7.24. The molecule has 1 aliphatic carbocycles. The molecule has 0 bridgehead atoms. The second-order valence-electron chi connectivity index (χ2n) is 5.67. The molecule has 2 aromatic carbocycles. The summed E-state index contributed by atoms with van der Waals surface area (Å²) in [6.45, 7) is 0. The van der Waals surface area contributed by atoms with Crippen LogP contribution in [0.25, 0.3) is 10.9 Å². The zero-order valence-corrected chi connectivity index (χ0v) is 13.5. The maximum absolute atomic E-state index is 13.8. The molecule has 1 N–H and O–H groups in total. The van der Waals surface area contributed by atoms with Gasteiger partial charge >= 0.3 is 0 Å². The lowest BCUT2D eigenvalue weighted by atomic mass is 10.1. The van der Waals surface area contributed by atoms with Gasteiger partial charge in [-0.3, -0.25) is 0 Å². The van der Waals surface area contributed by atoms with Gasteiger partial charge in [0.1, 0.15) is 18.0 Å². The second-order valence-corrected chi connectivity index (χ2v) is 6.51. The molecule has 0 amide bonds. The molecule has 1 aromatic heterocycles. The summed E-state index contributed by atoms with van der Waals surface area (Å²) in [6, 6.07) is 9.04. The quantitative estimate of drug-likeness (QED) is 0.732. The van der Waals surface area contributed by atoms with Crippen molar-refractivity contribution in [3.63, 3.8) is 0 Å². The van der Waals surface area contributed by atoms with Crippen LogP contribution in [0.2, 0.25) is 10.0 Å². The van der Waals surface area contributed by atoms with Crippen LogP contribution < -0.4 is 5.32 Å². The van der Waals surface area contributed by atoms with Crippen LogP contribution >= 0.6 is 23.2 Å². The minimum atomic E-state index is -0.474. The summed E-state index contributed by atoms with van der Waals surface area (Å²) in [6.07, 6.45) is 3.20. The minimum Gasteiger partial charge on any atom is -0.366 e. The first-order chi connectivity index (χ1) is 11.1. The summed E-state index contributed by atoms with van der Waals surface area (Å²) < 4.78 is 13.8. The molecular weight excluding hydrogens is 336 g/mol. The van der Waals surface area contributed by atoms with Gasteiger partial charge in [-0.25, -0.2) is 14.4 Å². The van der Waals surface area contributed by atoms with Crippen LogP contribution in [0.1, 0.15) is 11.1 Å². The number of anilines is 1. The number of halogens is 3. The van der Waals surface area contributed by atoms with E-state index in [1.807, 2.05) is 12.1 Å². The Morgan fingerprint density at radius 3 is 2.74 bits per heavy atom. The number of nitrogens with zero attached hydrogens (tertiary/aromatic N) is 2. The van der Waals surface area contributed by atoms with Gasteiger partial charge in [-0.1, -0.05) is 29.3 Å². The van der Waals surface area contributed by atoms with Gasteiger partial charge in [0.25, 0.3) is 0 Å². The van der Waals surface area contributed by atoms with E-state index < -0.39 is 5.82 Å². The standard InChI is InChI=1S/C17H12Cl2FN3/c18-11-2-1-9-4-12(5-10(9)3-11)23-17-13-6-15(20)14(19)7-16(13)21-8-22-17/h1-3,6-8,12H,4-5H2,(H,21,22,23). The average Bonchev–Trinajstić information content (AvgIpc) is 2.90. The third-order valence-electron chi connectivity index (χ3n) is 4.12. The molecule has 116 valence electrons. The topological polar surface area (TPSA) is 37.8 Å². The second kappa shape index (κ2) is 5.62. The Hall–Kier alpha value is -1.91. The Kier molecular flexibility index (Phi) is 3.58. The number of hydrogen-bond donors (Lipinski definition) is 1. The third kappa shape index (κ3) is 2.73. The van der Waals surface area contributed by atoms with E-state index in [0.717, 1.165) is 17.9 Å². The average molecular weight is 348 g/mol. The Balaban J connectivity index is 1.65. The van der Waals surface area contributed by atoms with Gasteiger partial charge < -0.3 is 5.32 Å². The zero-order chi connectivity index (χ0) is 16.0. The summed E-state index contributed by atoms with van der Waals surface area (Å²) in [4.78, 5) is 8.41. The number of fused-ring (bicyclic) bond motifs is 2. The molecule has 0 saturated heterocycles. The fourth-order valence-electron chi connectivity index (χ4n) is 3.05. The van der Waals surface area contributed by atoms with Gasteiger partial charge in [-0.2, -0.15) is 0 Å². The van der Waals surface area contributed by atoms with Gasteiger partial charge in [0, 0.05) is 16.5 Å². The number of hydrogen-bond acceptors (Lipinski definition) is 3. The van der Waals surface area contributed by atoms with Crippen LogP contribution in [-0.2, 0) is 12.8 Å². The highest BCUT2D eigenvalue weighted by Crippen LogP contribution is 2.30. The molecule has 23 heavy (non-hydrogen) atoms. The lowest BCUT2D eigenvalue weighted by Gasteiger charge is -2.14. The summed E-state index contributed by atoms with van der Waals surface area (Å²) in [5.41, 5.74) is 3.13. The van der Waals surface area contributed by atoms with Gasteiger partial charge in [0.15, 0.2) is 0 Å². The molecule has 1 unspecified atom stereocenters. The maximum Gasteiger partial charge on any atom is 0.142 e. The molecule has 4 rings (SSSR count). The van der Waals surface area contributed by atoms with Crippen molar-refractivity contribution in [3.05, 3.63) is 63.6 Å². The van der Waals surface area contributed by atoms with Crippen molar-refractivity contribution in [1.29, 1.82) is 0 Å². The Labute approximate surface area is 142 Å². The molecule has 0 saturated carbocycles. The molecule has 0 aliphatic heterocycles.